The fraction of sp³-hybridized carbons (Fsp3) is 0.375. The number of esters is 1. The molecule has 1 unspecified atom stereocenters. The van der Waals surface area contributed by atoms with E-state index in [-0.39, 0.29) is 0 Å². The van der Waals surface area contributed by atoms with Gasteiger partial charge in [0.05, 0.1) is 18.8 Å². The van der Waals surface area contributed by atoms with Gasteiger partial charge in [-0.05, 0) is 48.9 Å². The summed E-state index contributed by atoms with van der Waals surface area (Å²) in [6.45, 7) is 6.36. The van der Waals surface area contributed by atoms with E-state index in [0.717, 1.165) is 11.3 Å². The van der Waals surface area contributed by atoms with Gasteiger partial charge in [0.15, 0.2) is 0 Å². The maximum absolute atomic E-state index is 12.5. The highest BCUT2D eigenvalue weighted by Gasteiger charge is 2.34. The van der Waals surface area contributed by atoms with Crippen molar-refractivity contribution in [1.82, 2.24) is 20.2 Å². The summed E-state index contributed by atoms with van der Waals surface area (Å²) >= 11 is 0. The maximum Gasteiger partial charge on any atom is 0.338 e. The lowest BCUT2D eigenvalue weighted by atomic mass is 9.95. The van der Waals surface area contributed by atoms with Crippen molar-refractivity contribution in [3.05, 3.63) is 41.1 Å². The van der Waals surface area contributed by atoms with Gasteiger partial charge in [-0.3, -0.25) is 0 Å². The molecule has 3 rings (SSSR count). The normalized spacial score (nSPS) is 16.4. The first kappa shape index (κ1) is 16.0. The summed E-state index contributed by atoms with van der Waals surface area (Å²) in [5, 5.41) is 14.7. The van der Waals surface area contributed by atoms with E-state index in [1.165, 1.54) is 0 Å². The van der Waals surface area contributed by atoms with Crippen LogP contribution >= 0.6 is 0 Å². The Balaban J connectivity index is 2.10. The minimum Gasteiger partial charge on any atom is -0.494 e. The minimum absolute atomic E-state index is 0.295. The third-order valence-electron chi connectivity index (χ3n) is 3.69. The van der Waals surface area contributed by atoms with E-state index >= 15 is 0 Å². The molecule has 0 amide bonds. The van der Waals surface area contributed by atoms with Crippen molar-refractivity contribution < 1.29 is 14.3 Å². The number of carbonyl (C=O) groups excluding carboxylic acids is 1. The lowest BCUT2D eigenvalue weighted by Crippen LogP contribution is -2.29. The van der Waals surface area contributed by atoms with Crippen molar-refractivity contribution >= 4 is 11.9 Å². The SMILES string of the molecule is CCOC(=O)C1=C(C)Nc2nnnn2C1c1cccc(OCC)c1. The molecule has 0 fully saturated rings. The highest BCUT2D eigenvalue weighted by molar-refractivity contribution is 5.92. The van der Waals surface area contributed by atoms with E-state index in [2.05, 4.69) is 20.8 Å². The maximum atomic E-state index is 12.5. The topological polar surface area (TPSA) is 91.2 Å². The molecule has 8 heteroatoms. The van der Waals surface area contributed by atoms with Crippen molar-refractivity contribution in [2.24, 2.45) is 0 Å². The molecule has 2 aromatic rings. The molecule has 2 heterocycles. The number of tetrazole rings is 1. The van der Waals surface area contributed by atoms with E-state index in [1.807, 2.05) is 38.1 Å². The highest BCUT2D eigenvalue weighted by Crippen LogP contribution is 2.35. The minimum atomic E-state index is -0.476. The Bertz CT molecular complexity index is 784. The lowest BCUT2D eigenvalue weighted by Gasteiger charge is -2.27. The van der Waals surface area contributed by atoms with Crippen molar-refractivity contribution in [3.63, 3.8) is 0 Å². The quantitative estimate of drug-likeness (QED) is 0.838. The molecule has 8 nitrogen and oxygen atoms in total. The Labute approximate surface area is 139 Å². The van der Waals surface area contributed by atoms with Gasteiger partial charge in [0.1, 0.15) is 11.8 Å². The number of nitrogens with zero attached hydrogens (tertiary/aromatic N) is 4. The number of benzene rings is 1. The van der Waals surface area contributed by atoms with Crippen molar-refractivity contribution in [2.45, 2.75) is 26.8 Å². The predicted molar refractivity (Wildman–Crippen MR) is 86.5 cm³/mol. The summed E-state index contributed by atoms with van der Waals surface area (Å²) in [5.41, 5.74) is 1.99. The van der Waals surface area contributed by atoms with Gasteiger partial charge in [-0.2, -0.15) is 4.68 Å². The summed E-state index contributed by atoms with van der Waals surface area (Å²) in [5.74, 6) is 0.812. The fourth-order valence-corrected chi connectivity index (χ4v) is 2.73. The molecule has 0 radical (unpaired) electrons. The van der Waals surface area contributed by atoms with Crippen LogP contribution in [0.3, 0.4) is 0 Å². The van der Waals surface area contributed by atoms with Crippen LogP contribution in [0.15, 0.2) is 35.5 Å². The smallest absolute Gasteiger partial charge is 0.338 e. The first-order valence-corrected chi connectivity index (χ1v) is 7.81. The van der Waals surface area contributed by atoms with Crippen molar-refractivity contribution in [2.75, 3.05) is 18.5 Å². The van der Waals surface area contributed by atoms with Gasteiger partial charge in [-0.15, -0.1) is 0 Å². The second-order valence-corrected chi connectivity index (χ2v) is 5.24. The van der Waals surface area contributed by atoms with Crippen molar-refractivity contribution in [3.8, 4) is 5.75 Å². The summed E-state index contributed by atoms with van der Waals surface area (Å²) in [7, 11) is 0. The van der Waals surface area contributed by atoms with Crippen LogP contribution in [0.2, 0.25) is 0 Å². The Hall–Kier alpha value is -2.90. The molecule has 1 aliphatic rings. The number of anilines is 1. The number of aromatic nitrogens is 4. The third kappa shape index (κ3) is 2.82. The largest absolute Gasteiger partial charge is 0.494 e. The second-order valence-electron chi connectivity index (χ2n) is 5.24. The molecule has 1 aromatic heterocycles. The van der Waals surface area contributed by atoms with E-state index in [4.69, 9.17) is 9.47 Å². The predicted octanol–water partition coefficient (Wildman–Crippen LogP) is 1.92. The second kappa shape index (κ2) is 6.69. The van der Waals surface area contributed by atoms with Crippen LogP contribution in [0.1, 0.15) is 32.4 Å². The third-order valence-corrected chi connectivity index (χ3v) is 3.69. The summed E-state index contributed by atoms with van der Waals surface area (Å²) in [4.78, 5) is 12.5. The van der Waals surface area contributed by atoms with Crippen LogP contribution in [-0.2, 0) is 9.53 Å². The van der Waals surface area contributed by atoms with Crippen LogP contribution in [0.4, 0.5) is 5.95 Å². The molecule has 1 aliphatic heterocycles. The van der Waals surface area contributed by atoms with Gasteiger partial charge in [0.25, 0.3) is 0 Å². The number of nitrogens with one attached hydrogen (secondary N) is 1. The molecular formula is C16H19N5O3. The molecule has 0 aliphatic carbocycles. The number of allylic oxidation sites excluding steroid dienone is 1. The standard InChI is InChI=1S/C16H19N5O3/c1-4-23-12-8-6-7-11(9-12)14-13(15(22)24-5-2)10(3)17-16-18-19-20-21(14)16/h6-9,14H,4-5H2,1-3H3,(H,17,18,20). The lowest BCUT2D eigenvalue weighted by molar-refractivity contribution is -0.139. The van der Waals surface area contributed by atoms with Crippen LogP contribution in [-0.4, -0.2) is 39.4 Å². The first-order valence-electron chi connectivity index (χ1n) is 7.81. The van der Waals surface area contributed by atoms with Gasteiger partial charge < -0.3 is 14.8 Å². The Morgan fingerprint density at radius 1 is 1.33 bits per heavy atom. The van der Waals surface area contributed by atoms with E-state index in [9.17, 15) is 4.79 Å². The number of hydrogen-bond acceptors (Lipinski definition) is 7. The summed E-state index contributed by atoms with van der Waals surface area (Å²) in [6, 6.07) is 7.07. The zero-order chi connectivity index (χ0) is 17.1. The number of ether oxygens (including phenoxy) is 2. The molecule has 0 saturated heterocycles. The van der Waals surface area contributed by atoms with Gasteiger partial charge in [-0.1, -0.05) is 17.2 Å². The molecule has 126 valence electrons. The molecule has 1 aromatic carbocycles. The van der Waals surface area contributed by atoms with Crippen LogP contribution < -0.4 is 10.1 Å². The fourth-order valence-electron chi connectivity index (χ4n) is 2.73. The van der Waals surface area contributed by atoms with E-state index in [1.54, 1.807) is 11.6 Å². The average molecular weight is 329 g/mol. The zero-order valence-corrected chi connectivity index (χ0v) is 13.8. The zero-order valence-electron chi connectivity index (χ0n) is 13.8. The molecule has 1 N–H and O–H groups in total. The van der Waals surface area contributed by atoms with E-state index in [0.29, 0.717) is 30.4 Å². The molecular weight excluding hydrogens is 310 g/mol. The Kier molecular flexibility index (Phi) is 4.45. The number of rotatable bonds is 5. The molecule has 24 heavy (non-hydrogen) atoms. The van der Waals surface area contributed by atoms with Gasteiger partial charge in [0.2, 0.25) is 5.95 Å². The van der Waals surface area contributed by atoms with Gasteiger partial charge in [0, 0.05) is 5.70 Å². The Morgan fingerprint density at radius 3 is 2.92 bits per heavy atom. The monoisotopic (exact) mass is 329 g/mol. The molecule has 0 spiro atoms. The van der Waals surface area contributed by atoms with Crippen molar-refractivity contribution in [1.29, 1.82) is 0 Å². The summed E-state index contributed by atoms with van der Waals surface area (Å²) in [6.07, 6.45) is 0. The van der Waals surface area contributed by atoms with Crippen LogP contribution in [0, 0.1) is 0 Å². The van der Waals surface area contributed by atoms with Crippen LogP contribution in [0.5, 0.6) is 5.75 Å². The molecule has 0 saturated carbocycles. The number of fused-ring (bicyclic) bond motifs is 1. The highest BCUT2D eigenvalue weighted by atomic mass is 16.5. The average Bonchev–Trinajstić information content (AvgIpc) is 3.02. The number of carbonyl (C=O) groups is 1. The Morgan fingerprint density at radius 2 is 2.17 bits per heavy atom. The first-order chi connectivity index (χ1) is 11.7. The van der Waals surface area contributed by atoms with Gasteiger partial charge in [-0.25, -0.2) is 4.79 Å². The van der Waals surface area contributed by atoms with Gasteiger partial charge >= 0.3 is 5.97 Å². The van der Waals surface area contributed by atoms with Crippen LogP contribution in [0.25, 0.3) is 0 Å². The summed E-state index contributed by atoms with van der Waals surface area (Å²) < 4.78 is 12.4. The molecule has 1 atom stereocenters. The molecule has 0 bridgehead atoms. The number of hydrogen-bond donors (Lipinski definition) is 1. The van der Waals surface area contributed by atoms with E-state index < -0.39 is 12.0 Å².